The number of sulfonamides is 1. The minimum atomic E-state index is -3.89. The van der Waals surface area contributed by atoms with E-state index in [0.29, 0.717) is 19.4 Å². The first-order chi connectivity index (χ1) is 10.9. The molecule has 23 heavy (non-hydrogen) atoms. The molecule has 0 aromatic heterocycles. The Morgan fingerprint density at radius 3 is 2.61 bits per heavy atom. The van der Waals surface area contributed by atoms with Gasteiger partial charge in [0.2, 0.25) is 15.9 Å². The lowest BCUT2D eigenvalue weighted by atomic mass is 9.81. The van der Waals surface area contributed by atoms with Gasteiger partial charge in [0, 0.05) is 26.6 Å². The maximum Gasteiger partial charge on any atom is 0.246 e. The maximum atomic E-state index is 13.9. The molecule has 2 saturated heterocycles. The summed E-state index contributed by atoms with van der Waals surface area (Å²) >= 11 is 0. The van der Waals surface area contributed by atoms with Gasteiger partial charge in [-0.25, -0.2) is 12.8 Å². The third kappa shape index (κ3) is 2.76. The second-order valence-corrected chi connectivity index (χ2v) is 8.31. The summed E-state index contributed by atoms with van der Waals surface area (Å²) in [6, 6.07) is 5.44. The predicted octanol–water partition coefficient (Wildman–Crippen LogP) is 1.99. The van der Waals surface area contributed by atoms with Crippen molar-refractivity contribution in [2.24, 2.45) is 0 Å². The molecule has 1 unspecified atom stereocenters. The second kappa shape index (κ2) is 5.87. The average Bonchev–Trinajstić information content (AvgIpc) is 2.53. The fourth-order valence-electron chi connectivity index (χ4n) is 3.72. The van der Waals surface area contributed by atoms with Gasteiger partial charge in [0.15, 0.2) is 0 Å². The van der Waals surface area contributed by atoms with Crippen LogP contribution in [-0.4, -0.2) is 49.2 Å². The molecule has 3 rings (SSSR count). The molecule has 2 aliphatic rings. The van der Waals surface area contributed by atoms with E-state index in [1.807, 2.05) is 0 Å². The van der Waals surface area contributed by atoms with E-state index in [2.05, 4.69) is 0 Å². The van der Waals surface area contributed by atoms with E-state index in [9.17, 15) is 17.6 Å². The summed E-state index contributed by atoms with van der Waals surface area (Å²) in [6.45, 7) is 0.604. The minimum Gasteiger partial charge on any atom is -0.339 e. The van der Waals surface area contributed by atoms with Crippen molar-refractivity contribution in [3.05, 3.63) is 30.1 Å². The molecule has 7 heteroatoms. The van der Waals surface area contributed by atoms with Gasteiger partial charge < -0.3 is 4.90 Å². The Kier molecular flexibility index (Phi) is 4.18. The van der Waals surface area contributed by atoms with Gasteiger partial charge in [-0.2, -0.15) is 4.31 Å². The number of amides is 1. The van der Waals surface area contributed by atoms with Crippen LogP contribution in [0.15, 0.2) is 29.2 Å². The molecule has 2 heterocycles. The number of halogens is 1. The van der Waals surface area contributed by atoms with Crippen LogP contribution < -0.4 is 0 Å². The lowest BCUT2D eigenvalue weighted by Crippen LogP contribution is -2.61. The van der Waals surface area contributed by atoms with Crippen molar-refractivity contribution in [3.63, 3.8) is 0 Å². The summed E-state index contributed by atoms with van der Waals surface area (Å²) in [6.07, 6.45) is 3.54. The number of rotatable bonds is 2. The van der Waals surface area contributed by atoms with Gasteiger partial charge in [0.25, 0.3) is 0 Å². The van der Waals surface area contributed by atoms with Crippen molar-refractivity contribution < 1.29 is 17.6 Å². The van der Waals surface area contributed by atoms with Gasteiger partial charge in [-0.3, -0.25) is 4.79 Å². The largest absolute Gasteiger partial charge is 0.339 e. The first kappa shape index (κ1) is 16.4. The molecule has 0 saturated carbocycles. The molecule has 1 spiro atoms. The molecule has 2 fully saturated rings. The Morgan fingerprint density at radius 2 is 1.87 bits per heavy atom. The molecule has 126 valence electrons. The SMILES string of the molecule is CN1C(=O)CCCC12CCCN(S(=O)(=O)c1ccccc1F)C2. The van der Waals surface area contributed by atoms with Crippen LogP contribution in [-0.2, 0) is 14.8 Å². The number of carbonyl (C=O) groups excluding carboxylic acids is 1. The summed E-state index contributed by atoms with van der Waals surface area (Å²) < 4.78 is 40.9. The summed E-state index contributed by atoms with van der Waals surface area (Å²) in [5.74, 6) is -0.679. The molecule has 1 aromatic carbocycles. The summed E-state index contributed by atoms with van der Waals surface area (Å²) in [4.78, 5) is 13.5. The van der Waals surface area contributed by atoms with Gasteiger partial charge in [-0.15, -0.1) is 0 Å². The van der Waals surface area contributed by atoms with E-state index in [4.69, 9.17) is 0 Å². The second-order valence-electron chi connectivity index (χ2n) is 6.40. The Hall–Kier alpha value is -1.47. The van der Waals surface area contributed by atoms with E-state index >= 15 is 0 Å². The number of benzene rings is 1. The fraction of sp³-hybridized carbons (Fsp3) is 0.562. The van der Waals surface area contributed by atoms with Crippen LogP contribution >= 0.6 is 0 Å². The number of carbonyl (C=O) groups is 1. The summed E-state index contributed by atoms with van der Waals surface area (Å²) in [5, 5.41) is 0. The van der Waals surface area contributed by atoms with E-state index in [0.717, 1.165) is 25.3 Å². The molecule has 0 bridgehead atoms. The number of likely N-dealkylation sites (tertiary alicyclic amines) is 1. The van der Waals surface area contributed by atoms with Crippen molar-refractivity contribution in [1.82, 2.24) is 9.21 Å². The van der Waals surface area contributed by atoms with Gasteiger partial charge in [0.05, 0.1) is 5.54 Å². The summed E-state index contributed by atoms with van der Waals surface area (Å²) in [5.41, 5.74) is -0.452. The number of nitrogens with zero attached hydrogens (tertiary/aromatic N) is 2. The highest BCUT2D eigenvalue weighted by atomic mass is 32.2. The zero-order valence-electron chi connectivity index (χ0n) is 13.2. The van der Waals surface area contributed by atoms with Crippen LogP contribution in [0, 0.1) is 5.82 Å². The maximum absolute atomic E-state index is 13.9. The van der Waals surface area contributed by atoms with Crippen LogP contribution in [0.4, 0.5) is 4.39 Å². The lowest BCUT2D eigenvalue weighted by molar-refractivity contribution is -0.141. The monoisotopic (exact) mass is 340 g/mol. The highest BCUT2D eigenvalue weighted by molar-refractivity contribution is 7.89. The topological polar surface area (TPSA) is 57.7 Å². The zero-order valence-corrected chi connectivity index (χ0v) is 14.0. The molecule has 5 nitrogen and oxygen atoms in total. The van der Waals surface area contributed by atoms with Crippen LogP contribution in [0.5, 0.6) is 0 Å². The van der Waals surface area contributed by atoms with Crippen LogP contribution in [0.1, 0.15) is 32.1 Å². The van der Waals surface area contributed by atoms with Crippen molar-refractivity contribution in [3.8, 4) is 0 Å². The molecular weight excluding hydrogens is 319 g/mol. The highest BCUT2D eigenvalue weighted by Crippen LogP contribution is 2.37. The van der Waals surface area contributed by atoms with Gasteiger partial charge in [-0.05, 0) is 37.8 Å². The van der Waals surface area contributed by atoms with Crippen LogP contribution in [0.25, 0.3) is 0 Å². The van der Waals surface area contributed by atoms with E-state index in [-0.39, 0.29) is 17.3 Å². The smallest absolute Gasteiger partial charge is 0.246 e. The Morgan fingerprint density at radius 1 is 1.17 bits per heavy atom. The molecule has 1 atom stereocenters. The zero-order chi connectivity index (χ0) is 16.7. The third-order valence-electron chi connectivity index (χ3n) is 5.09. The molecule has 0 N–H and O–H groups in total. The normalized spacial score (nSPS) is 26.7. The molecule has 1 aromatic rings. The van der Waals surface area contributed by atoms with Crippen LogP contribution in [0.3, 0.4) is 0 Å². The van der Waals surface area contributed by atoms with E-state index < -0.39 is 21.4 Å². The van der Waals surface area contributed by atoms with E-state index in [1.54, 1.807) is 11.9 Å². The first-order valence-corrected chi connectivity index (χ1v) is 9.32. The van der Waals surface area contributed by atoms with Crippen molar-refractivity contribution in [2.45, 2.75) is 42.5 Å². The lowest BCUT2D eigenvalue weighted by Gasteiger charge is -2.50. The van der Waals surface area contributed by atoms with Crippen molar-refractivity contribution in [1.29, 1.82) is 0 Å². The number of piperidine rings is 2. The standard InChI is InChI=1S/C16H21FN2O3S/c1-18-15(20)8-4-9-16(18)10-5-11-19(12-16)23(21,22)14-7-3-2-6-13(14)17/h2-3,6-7H,4-5,8-12H2,1H3. The number of hydrogen-bond acceptors (Lipinski definition) is 3. The van der Waals surface area contributed by atoms with Crippen molar-refractivity contribution >= 4 is 15.9 Å². The van der Waals surface area contributed by atoms with E-state index in [1.165, 1.54) is 22.5 Å². The summed E-state index contributed by atoms with van der Waals surface area (Å²) in [7, 11) is -2.14. The van der Waals surface area contributed by atoms with Crippen LogP contribution in [0.2, 0.25) is 0 Å². The highest BCUT2D eigenvalue weighted by Gasteiger charge is 2.46. The van der Waals surface area contributed by atoms with Crippen molar-refractivity contribution in [2.75, 3.05) is 20.1 Å². The van der Waals surface area contributed by atoms with Gasteiger partial charge in [-0.1, -0.05) is 12.1 Å². The number of hydrogen-bond donors (Lipinski definition) is 0. The number of likely N-dealkylation sites (N-methyl/N-ethyl adjacent to an activating group) is 1. The fourth-order valence-corrected chi connectivity index (χ4v) is 5.34. The Bertz CT molecular complexity index is 718. The Balaban J connectivity index is 1.92. The molecule has 0 radical (unpaired) electrons. The predicted molar refractivity (Wildman–Crippen MR) is 83.7 cm³/mol. The Labute approximate surface area is 136 Å². The molecule has 2 aliphatic heterocycles. The average molecular weight is 340 g/mol. The quantitative estimate of drug-likeness (QED) is 0.827. The molecular formula is C16H21FN2O3S. The van der Waals surface area contributed by atoms with Gasteiger partial charge in [0.1, 0.15) is 10.7 Å². The third-order valence-corrected chi connectivity index (χ3v) is 6.97. The molecule has 0 aliphatic carbocycles. The minimum absolute atomic E-state index is 0.0568. The molecule has 1 amide bonds. The van der Waals surface area contributed by atoms with Gasteiger partial charge >= 0.3 is 0 Å². The first-order valence-electron chi connectivity index (χ1n) is 7.88.